The van der Waals surface area contributed by atoms with Gasteiger partial charge in [-0.15, -0.1) is 0 Å². The molecule has 4 N–H and O–H groups in total. The molecule has 23 heavy (non-hydrogen) atoms. The van der Waals surface area contributed by atoms with Gasteiger partial charge >= 0.3 is 0 Å². The second kappa shape index (κ2) is 5.74. The van der Waals surface area contributed by atoms with Crippen molar-refractivity contribution in [3.8, 4) is 11.3 Å². The Bertz CT molecular complexity index is 921. The summed E-state index contributed by atoms with van der Waals surface area (Å²) >= 11 is 0. The van der Waals surface area contributed by atoms with Gasteiger partial charge in [0.2, 0.25) is 0 Å². The fourth-order valence-electron chi connectivity index (χ4n) is 2.92. The van der Waals surface area contributed by atoms with E-state index in [0.29, 0.717) is 0 Å². The maximum Gasteiger partial charge on any atom is 0.123 e. The normalized spacial score (nSPS) is 12.6. The van der Waals surface area contributed by atoms with E-state index in [1.807, 2.05) is 42.7 Å². The van der Waals surface area contributed by atoms with Crippen molar-refractivity contribution < 1.29 is 0 Å². The molecule has 4 heteroatoms. The highest BCUT2D eigenvalue weighted by Gasteiger charge is 2.14. The Hall–Kier alpha value is -2.85. The van der Waals surface area contributed by atoms with E-state index in [2.05, 4.69) is 39.2 Å². The van der Waals surface area contributed by atoms with Crippen LogP contribution >= 0.6 is 0 Å². The zero-order valence-electron chi connectivity index (χ0n) is 12.7. The molecule has 2 heterocycles. The first-order valence-electron chi connectivity index (χ1n) is 7.72. The van der Waals surface area contributed by atoms with E-state index in [1.54, 1.807) is 0 Å². The van der Waals surface area contributed by atoms with Gasteiger partial charge in [0.1, 0.15) is 5.82 Å². The van der Waals surface area contributed by atoms with Crippen LogP contribution in [0.4, 0.5) is 0 Å². The number of fused-ring (bicyclic) bond motifs is 1. The number of para-hydroxylation sites is 1. The highest BCUT2D eigenvalue weighted by atomic mass is 15.0. The first-order valence-corrected chi connectivity index (χ1v) is 7.72. The Morgan fingerprint density at radius 2 is 1.78 bits per heavy atom. The molecule has 0 saturated carbocycles. The van der Waals surface area contributed by atoms with Gasteiger partial charge in [-0.3, -0.25) is 0 Å². The van der Waals surface area contributed by atoms with Crippen molar-refractivity contribution in [1.29, 1.82) is 0 Å². The molecule has 4 aromatic rings. The van der Waals surface area contributed by atoms with Crippen molar-refractivity contribution in [2.45, 2.75) is 12.5 Å². The number of hydrogen-bond donors (Lipinski definition) is 3. The fourth-order valence-corrected chi connectivity index (χ4v) is 2.92. The number of rotatable bonds is 4. The van der Waals surface area contributed by atoms with Crippen LogP contribution in [0.3, 0.4) is 0 Å². The molecule has 4 nitrogen and oxygen atoms in total. The van der Waals surface area contributed by atoms with Gasteiger partial charge in [-0.05, 0) is 23.6 Å². The van der Waals surface area contributed by atoms with Crippen molar-refractivity contribution in [2.24, 2.45) is 5.73 Å². The molecule has 0 bridgehead atoms. The molecule has 2 aromatic carbocycles. The van der Waals surface area contributed by atoms with Crippen LogP contribution in [-0.2, 0) is 6.42 Å². The summed E-state index contributed by atoms with van der Waals surface area (Å²) in [7, 11) is 0. The first-order chi connectivity index (χ1) is 11.3. The predicted octanol–water partition coefficient (Wildman–Crippen LogP) is 3.80. The highest BCUT2D eigenvalue weighted by Crippen LogP contribution is 2.23. The Kier molecular flexibility index (Phi) is 3.44. The quantitative estimate of drug-likeness (QED) is 0.536. The van der Waals surface area contributed by atoms with E-state index in [4.69, 9.17) is 5.73 Å². The molecule has 0 saturated heterocycles. The van der Waals surface area contributed by atoms with E-state index < -0.39 is 0 Å². The van der Waals surface area contributed by atoms with E-state index in [-0.39, 0.29) is 6.04 Å². The van der Waals surface area contributed by atoms with Gasteiger partial charge in [-0.2, -0.15) is 0 Å². The van der Waals surface area contributed by atoms with Crippen LogP contribution < -0.4 is 5.73 Å². The Balaban J connectivity index is 1.58. The molecular weight excluding hydrogens is 284 g/mol. The molecule has 0 aliphatic heterocycles. The number of nitrogens with one attached hydrogen (secondary N) is 2. The average molecular weight is 302 g/mol. The number of H-pyrrole nitrogens is 2. The zero-order chi connectivity index (χ0) is 15.6. The molecule has 0 spiro atoms. The molecule has 0 unspecified atom stereocenters. The summed E-state index contributed by atoms with van der Waals surface area (Å²) in [6.45, 7) is 0. The predicted molar refractivity (Wildman–Crippen MR) is 93.0 cm³/mol. The topological polar surface area (TPSA) is 70.5 Å². The van der Waals surface area contributed by atoms with Crippen molar-refractivity contribution in [3.63, 3.8) is 0 Å². The number of imidazole rings is 1. The van der Waals surface area contributed by atoms with Gasteiger partial charge in [0.25, 0.3) is 0 Å². The lowest BCUT2D eigenvalue weighted by molar-refractivity contribution is 0.680. The monoisotopic (exact) mass is 302 g/mol. The lowest BCUT2D eigenvalue weighted by Gasteiger charge is -2.08. The minimum absolute atomic E-state index is 0.160. The molecule has 0 radical (unpaired) electrons. The SMILES string of the molecule is N[C@H](Cc1c[nH]c2ccccc12)c1ncc(-c2ccccc2)[nH]1. The number of aromatic nitrogens is 3. The van der Waals surface area contributed by atoms with E-state index in [1.165, 1.54) is 10.9 Å². The third-order valence-electron chi connectivity index (χ3n) is 4.15. The number of nitrogens with zero attached hydrogens (tertiary/aromatic N) is 1. The van der Waals surface area contributed by atoms with Crippen molar-refractivity contribution in [3.05, 3.63) is 78.4 Å². The Morgan fingerprint density at radius 3 is 2.65 bits per heavy atom. The van der Waals surface area contributed by atoms with Crippen molar-refractivity contribution in [1.82, 2.24) is 15.0 Å². The summed E-state index contributed by atoms with van der Waals surface area (Å²) in [6, 6.07) is 18.3. The number of hydrogen-bond acceptors (Lipinski definition) is 2. The van der Waals surface area contributed by atoms with Gasteiger partial charge in [0, 0.05) is 17.1 Å². The van der Waals surface area contributed by atoms with Gasteiger partial charge < -0.3 is 15.7 Å². The van der Waals surface area contributed by atoms with E-state index >= 15 is 0 Å². The number of aromatic amines is 2. The molecule has 0 aliphatic rings. The average Bonchev–Trinajstić information content (AvgIpc) is 3.24. The number of nitrogens with two attached hydrogens (primary N) is 1. The van der Waals surface area contributed by atoms with Crippen LogP contribution in [0.25, 0.3) is 22.2 Å². The number of benzene rings is 2. The summed E-state index contributed by atoms with van der Waals surface area (Å²) in [5, 5.41) is 1.22. The molecule has 114 valence electrons. The Labute approximate surface area is 134 Å². The smallest absolute Gasteiger partial charge is 0.123 e. The van der Waals surface area contributed by atoms with E-state index in [9.17, 15) is 0 Å². The van der Waals surface area contributed by atoms with Crippen molar-refractivity contribution in [2.75, 3.05) is 0 Å². The van der Waals surface area contributed by atoms with Crippen LogP contribution in [0.2, 0.25) is 0 Å². The summed E-state index contributed by atoms with van der Waals surface area (Å²) < 4.78 is 0. The van der Waals surface area contributed by atoms with Crippen LogP contribution in [-0.4, -0.2) is 15.0 Å². The standard InChI is InChI=1S/C19H18N4/c20-16(10-14-11-21-17-9-5-4-8-15(14)17)19-22-12-18(23-19)13-6-2-1-3-7-13/h1-9,11-12,16,21H,10,20H2,(H,22,23)/t16-/m1/s1. The lowest BCUT2D eigenvalue weighted by Crippen LogP contribution is -2.14. The third kappa shape index (κ3) is 2.64. The van der Waals surface area contributed by atoms with Gasteiger partial charge in [-0.25, -0.2) is 4.98 Å². The van der Waals surface area contributed by atoms with Crippen LogP contribution in [0.15, 0.2) is 67.0 Å². The fraction of sp³-hybridized carbons (Fsp3) is 0.105. The lowest BCUT2D eigenvalue weighted by atomic mass is 10.1. The summed E-state index contributed by atoms with van der Waals surface area (Å²) in [5.74, 6) is 0.814. The minimum atomic E-state index is -0.160. The van der Waals surface area contributed by atoms with Crippen molar-refractivity contribution >= 4 is 10.9 Å². The summed E-state index contributed by atoms with van der Waals surface area (Å²) in [6.07, 6.45) is 4.62. The minimum Gasteiger partial charge on any atom is -0.361 e. The summed E-state index contributed by atoms with van der Waals surface area (Å²) in [4.78, 5) is 11.1. The summed E-state index contributed by atoms with van der Waals surface area (Å²) in [5.41, 5.74) is 10.8. The second-order valence-corrected chi connectivity index (χ2v) is 5.72. The Morgan fingerprint density at radius 1 is 1.00 bits per heavy atom. The van der Waals surface area contributed by atoms with Crippen LogP contribution in [0.1, 0.15) is 17.4 Å². The largest absolute Gasteiger partial charge is 0.361 e. The molecule has 0 amide bonds. The molecule has 1 atom stereocenters. The molecule has 0 fully saturated rings. The second-order valence-electron chi connectivity index (χ2n) is 5.72. The van der Waals surface area contributed by atoms with Gasteiger partial charge in [0.15, 0.2) is 0 Å². The molecule has 2 aromatic heterocycles. The molecule has 0 aliphatic carbocycles. The van der Waals surface area contributed by atoms with Crippen LogP contribution in [0.5, 0.6) is 0 Å². The first kappa shape index (κ1) is 13.8. The van der Waals surface area contributed by atoms with Gasteiger partial charge in [-0.1, -0.05) is 48.5 Å². The zero-order valence-corrected chi connectivity index (χ0v) is 12.7. The van der Waals surface area contributed by atoms with E-state index in [0.717, 1.165) is 29.0 Å². The van der Waals surface area contributed by atoms with Crippen LogP contribution in [0, 0.1) is 0 Å². The molecular formula is C19H18N4. The highest BCUT2D eigenvalue weighted by molar-refractivity contribution is 5.83. The maximum absolute atomic E-state index is 6.36. The molecule has 4 rings (SSSR count). The third-order valence-corrected chi connectivity index (χ3v) is 4.15. The van der Waals surface area contributed by atoms with Gasteiger partial charge in [0.05, 0.1) is 17.9 Å². The maximum atomic E-state index is 6.36.